The highest BCUT2D eigenvalue weighted by atomic mass is 35.5. The van der Waals surface area contributed by atoms with Gasteiger partial charge in [0.25, 0.3) is 5.91 Å². The molecule has 0 unspecified atom stereocenters. The van der Waals surface area contributed by atoms with Crippen LogP contribution in [0.5, 0.6) is 11.9 Å². The van der Waals surface area contributed by atoms with Crippen LogP contribution in [0.25, 0.3) is 0 Å². The van der Waals surface area contributed by atoms with Gasteiger partial charge in [0, 0.05) is 29.0 Å². The number of aromatic nitrogens is 4. The van der Waals surface area contributed by atoms with Crippen LogP contribution in [0.15, 0.2) is 66.9 Å². The third-order valence-electron chi connectivity index (χ3n) is 7.81. The van der Waals surface area contributed by atoms with Crippen molar-refractivity contribution in [3.8, 4) is 11.9 Å². The van der Waals surface area contributed by atoms with Gasteiger partial charge in [0.05, 0.1) is 19.8 Å². The third kappa shape index (κ3) is 10.7. The minimum absolute atomic E-state index is 0.0347. The molecule has 0 aliphatic heterocycles. The largest absolute Gasteiger partial charge is 0.480 e. The first kappa shape index (κ1) is 39.0. The maximum atomic E-state index is 13.1. The van der Waals surface area contributed by atoms with E-state index in [1.54, 1.807) is 12.1 Å². The summed E-state index contributed by atoms with van der Waals surface area (Å²) in [6.07, 6.45) is -1.91. The molecule has 4 aromatic rings. The number of hydrogen-bond donors (Lipinski definition) is 5. The van der Waals surface area contributed by atoms with Crippen LogP contribution >= 0.6 is 11.6 Å². The number of hydrogen-bond acceptors (Lipinski definition) is 13. The van der Waals surface area contributed by atoms with Crippen molar-refractivity contribution in [1.29, 1.82) is 0 Å². The first-order valence-corrected chi connectivity index (χ1v) is 16.5. The number of pyridine rings is 1. The summed E-state index contributed by atoms with van der Waals surface area (Å²) < 4.78 is 53.5. The molecule has 3 amide bonds. The molecule has 284 valence electrons. The molecule has 0 radical (unpaired) electrons. The quantitative estimate of drug-likeness (QED) is 0.0852. The zero-order chi connectivity index (χ0) is 38.9. The van der Waals surface area contributed by atoms with E-state index < -0.39 is 54.1 Å². The molecule has 16 nitrogen and oxygen atoms in total. The lowest BCUT2D eigenvalue weighted by Gasteiger charge is -2.19. The normalized spacial score (nSPS) is 13.4. The number of esters is 1. The number of methoxy groups -OCH3 is 2. The molecule has 5 rings (SSSR count). The van der Waals surface area contributed by atoms with E-state index in [1.165, 1.54) is 49.7 Å². The lowest BCUT2D eigenvalue weighted by atomic mass is 10.1. The minimum atomic E-state index is -4.64. The standard InChI is InChI=1S/C34H33ClF3N9O7/c1-52-28-23(4-3-16-40-28)42-27(50)26(49)39-17-13-24(29(51)53-2)43-25(48)19-5-11-22(12-6-19)41-30-44-31(46-32(45-30)54-18-34(36,37)38)47-33(14-15-33)20-7-9-21(35)10-8-20/h3-12,16,24H,13-15,17-18H2,1-2H3,(H,39,49)(H,42,50)(H,43,48)(H2,41,44,45,46,47)/t24-/m0/s1. The van der Waals surface area contributed by atoms with Crippen LogP contribution < -0.4 is 36.1 Å². The van der Waals surface area contributed by atoms with E-state index in [0.717, 1.165) is 12.7 Å². The molecule has 0 saturated heterocycles. The monoisotopic (exact) mass is 771 g/mol. The summed E-state index contributed by atoms with van der Waals surface area (Å²) in [4.78, 5) is 66.4. The second kappa shape index (κ2) is 17.1. The van der Waals surface area contributed by atoms with E-state index in [2.05, 4.69) is 46.5 Å². The second-order valence-corrected chi connectivity index (χ2v) is 12.1. The molecule has 54 heavy (non-hydrogen) atoms. The Morgan fingerprint density at radius 1 is 0.926 bits per heavy atom. The number of benzene rings is 2. The van der Waals surface area contributed by atoms with Crippen LogP contribution in [0, 0.1) is 0 Å². The van der Waals surface area contributed by atoms with Crippen molar-refractivity contribution < 1.29 is 46.6 Å². The number of carbonyl (C=O) groups is 4. The fourth-order valence-corrected chi connectivity index (χ4v) is 5.10. The molecule has 5 N–H and O–H groups in total. The Bertz CT molecular complexity index is 1980. The van der Waals surface area contributed by atoms with Gasteiger partial charge in [-0.2, -0.15) is 28.1 Å². The Kier molecular flexibility index (Phi) is 12.3. The molecular formula is C34H33ClF3N9O7. The Balaban J connectivity index is 1.21. The Morgan fingerprint density at radius 3 is 2.28 bits per heavy atom. The summed E-state index contributed by atoms with van der Waals surface area (Å²) in [5.41, 5.74) is 0.968. The molecule has 0 bridgehead atoms. The third-order valence-corrected chi connectivity index (χ3v) is 8.06. The number of carbonyl (C=O) groups excluding carboxylic acids is 4. The number of rotatable bonds is 15. The molecule has 1 fully saturated rings. The molecule has 2 aromatic heterocycles. The molecule has 1 atom stereocenters. The summed E-state index contributed by atoms with van der Waals surface area (Å²) in [5, 5.41) is 13.9. The van der Waals surface area contributed by atoms with Crippen LogP contribution in [0.2, 0.25) is 5.02 Å². The van der Waals surface area contributed by atoms with Crippen LogP contribution in [0.4, 0.5) is 36.4 Å². The van der Waals surface area contributed by atoms with Crippen molar-refractivity contribution in [2.75, 3.05) is 43.3 Å². The van der Waals surface area contributed by atoms with Gasteiger partial charge in [0.15, 0.2) is 6.61 Å². The SMILES string of the molecule is COC(=O)[C@H](CCNC(=O)C(=O)Nc1cccnc1OC)NC(=O)c1ccc(Nc2nc(NC3(c4ccc(Cl)cc4)CC3)nc(OCC(F)(F)F)n2)cc1. The molecular weight excluding hydrogens is 739 g/mol. The predicted octanol–water partition coefficient (Wildman–Crippen LogP) is 4.13. The molecule has 1 saturated carbocycles. The average Bonchev–Trinajstić information content (AvgIpc) is 3.93. The van der Waals surface area contributed by atoms with Crippen LogP contribution in [0.1, 0.15) is 35.2 Å². The summed E-state index contributed by atoms with van der Waals surface area (Å²) in [6, 6.07) is 14.1. The number of nitrogens with zero attached hydrogens (tertiary/aromatic N) is 4. The molecule has 2 heterocycles. The van der Waals surface area contributed by atoms with Gasteiger partial charge in [-0.05, 0) is 73.4 Å². The summed E-state index contributed by atoms with van der Waals surface area (Å²) in [7, 11) is 2.47. The lowest BCUT2D eigenvalue weighted by molar-refractivity contribution is -0.154. The van der Waals surface area contributed by atoms with Crippen LogP contribution in [-0.2, 0) is 24.7 Å². The summed E-state index contributed by atoms with van der Waals surface area (Å²) in [6.45, 7) is -1.81. The van der Waals surface area contributed by atoms with Crippen molar-refractivity contribution in [2.24, 2.45) is 0 Å². The van der Waals surface area contributed by atoms with Crippen LogP contribution in [0.3, 0.4) is 0 Å². The average molecular weight is 772 g/mol. The Morgan fingerprint density at radius 2 is 1.63 bits per heavy atom. The number of anilines is 4. The zero-order valence-electron chi connectivity index (χ0n) is 28.6. The van der Waals surface area contributed by atoms with E-state index in [4.69, 9.17) is 25.8 Å². The number of nitrogens with one attached hydrogen (secondary N) is 5. The first-order valence-electron chi connectivity index (χ1n) is 16.1. The highest BCUT2D eigenvalue weighted by Gasteiger charge is 2.45. The lowest BCUT2D eigenvalue weighted by Crippen LogP contribution is -2.44. The van der Waals surface area contributed by atoms with Gasteiger partial charge >= 0.3 is 30.0 Å². The Labute approximate surface area is 310 Å². The van der Waals surface area contributed by atoms with E-state index >= 15 is 0 Å². The maximum absolute atomic E-state index is 13.1. The maximum Gasteiger partial charge on any atom is 0.422 e. The molecule has 1 aliphatic rings. The van der Waals surface area contributed by atoms with Crippen molar-refractivity contribution in [2.45, 2.75) is 37.0 Å². The second-order valence-electron chi connectivity index (χ2n) is 11.7. The molecule has 1 aliphatic carbocycles. The Hall–Kier alpha value is -6.24. The fraction of sp³-hybridized carbons (Fsp3) is 0.294. The van der Waals surface area contributed by atoms with Gasteiger partial charge in [0.1, 0.15) is 11.7 Å². The van der Waals surface area contributed by atoms with Crippen molar-refractivity contribution >= 4 is 58.6 Å². The van der Waals surface area contributed by atoms with Gasteiger partial charge in [0.2, 0.25) is 17.8 Å². The van der Waals surface area contributed by atoms with Crippen LogP contribution in [-0.4, -0.2) is 83.2 Å². The first-order chi connectivity index (χ1) is 25.8. The van der Waals surface area contributed by atoms with Gasteiger partial charge < -0.3 is 40.8 Å². The number of halogens is 4. The van der Waals surface area contributed by atoms with E-state index in [1.807, 2.05) is 12.1 Å². The van der Waals surface area contributed by atoms with Crippen molar-refractivity contribution in [3.63, 3.8) is 0 Å². The molecule has 20 heteroatoms. The summed E-state index contributed by atoms with van der Waals surface area (Å²) in [5.74, 6) is -3.56. The fourth-order valence-electron chi connectivity index (χ4n) is 4.98. The van der Waals surface area contributed by atoms with E-state index in [-0.39, 0.29) is 42.0 Å². The van der Waals surface area contributed by atoms with E-state index in [0.29, 0.717) is 23.6 Å². The summed E-state index contributed by atoms with van der Waals surface area (Å²) >= 11 is 6.02. The van der Waals surface area contributed by atoms with Crippen molar-refractivity contribution in [1.82, 2.24) is 30.6 Å². The van der Waals surface area contributed by atoms with Gasteiger partial charge in [-0.25, -0.2) is 9.78 Å². The number of alkyl halides is 3. The van der Waals surface area contributed by atoms with Gasteiger partial charge in [-0.3, -0.25) is 14.4 Å². The number of amides is 3. The molecule has 0 spiro atoms. The van der Waals surface area contributed by atoms with E-state index in [9.17, 15) is 32.3 Å². The minimum Gasteiger partial charge on any atom is -0.480 e. The number of ether oxygens (including phenoxy) is 3. The highest BCUT2D eigenvalue weighted by Crippen LogP contribution is 2.48. The van der Waals surface area contributed by atoms with Gasteiger partial charge in [-0.1, -0.05) is 23.7 Å². The van der Waals surface area contributed by atoms with Crippen molar-refractivity contribution in [3.05, 3.63) is 83.0 Å². The predicted molar refractivity (Wildman–Crippen MR) is 187 cm³/mol. The van der Waals surface area contributed by atoms with Gasteiger partial charge in [-0.15, -0.1) is 0 Å². The highest BCUT2D eigenvalue weighted by molar-refractivity contribution is 6.39. The zero-order valence-corrected chi connectivity index (χ0v) is 29.4. The topological polar surface area (TPSA) is 208 Å². The smallest absolute Gasteiger partial charge is 0.422 e. The molecule has 2 aromatic carbocycles.